The lowest BCUT2D eigenvalue weighted by atomic mass is 9.96. The molecule has 2 heterocycles. The minimum atomic E-state index is -0.123. The molecule has 0 saturated heterocycles. The van der Waals surface area contributed by atoms with Gasteiger partial charge in [-0.15, -0.1) is 16.4 Å². The van der Waals surface area contributed by atoms with Gasteiger partial charge in [0, 0.05) is 27.9 Å². The summed E-state index contributed by atoms with van der Waals surface area (Å²) in [6.45, 7) is 0.645. The Labute approximate surface area is 249 Å². The Morgan fingerprint density at radius 2 is 1.93 bits per heavy atom. The van der Waals surface area contributed by atoms with E-state index < -0.39 is 0 Å². The number of benzene rings is 1. The summed E-state index contributed by atoms with van der Waals surface area (Å²) in [6.07, 6.45) is 14.9. The van der Waals surface area contributed by atoms with Crippen molar-refractivity contribution in [1.29, 1.82) is 5.26 Å². The van der Waals surface area contributed by atoms with Gasteiger partial charge in [-0.2, -0.15) is 5.26 Å². The fraction of sp³-hybridized carbons (Fsp3) is 0.323. The Morgan fingerprint density at radius 3 is 2.69 bits per heavy atom. The van der Waals surface area contributed by atoms with Crippen molar-refractivity contribution in [2.75, 3.05) is 18.0 Å². The zero-order valence-corrected chi connectivity index (χ0v) is 24.2. The molecule has 1 aromatic carbocycles. The van der Waals surface area contributed by atoms with Gasteiger partial charge in [-0.3, -0.25) is 9.59 Å². The number of aromatic nitrogens is 3. The summed E-state index contributed by atoms with van der Waals surface area (Å²) < 4.78 is 1.54. The number of Topliss-reactive ketones (excluding diaryl/α,β-unsaturated/α-hetero) is 2. The van der Waals surface area contributed by atoms with Crippen molar-refractivity contribution in [3.8, 4) is 6.07 Å². The number of hydrazine groups is 1. The second kappa shape index (κ2) is 13.4. The van der Waals surface area contributed by atoms with Crippen LogP contribution in [0.15, 0.2) is 72.2 Å². The van der Waals surface area contributed by atoms with Crippen molar-refractivity contribution in [1.82, 2.24) is 20.0 Å². The number of fused-ring (bicyclic) bond motifs is 1. The Bertz CT molecular complexity index is 1580. The fourth-order valence-electron chi connectivity index (χ4n) is 5.23. The van der Waals surface area contributed by atoms with E-state index in [1.54, 1.807) is 52.7 Å². The summed E-state index contributed by atoms with van der Waals surface area (Å²) in [5, 5.41) is 20.7. The van der Waals surface area contributed by atoms with Gasteiger partial charge in [0.05, 0.1) is 31.4 Å². The monoisotopic (exact) mass is 582 g/mol. The van der Waals surface area contributed by atoms with E-state index in [-0.39, 0.29) is 31.2 Å². The first kappa shape index (κ1) is 29.0. The third-order valence-electron chi connectivity index (χ3n) is 7.24. The Balaban J connectivity index is 1.35. The minimum Gasteiger partial charge on any atom is -0.399 e. The van der Waals surface area contributed by atoms with Gasteiger partial charge in [0.25, 0.3) is 0 Å². The first-order valence-electron chi connectivity index (χ1n) is 14.1. The van der Waals surface area contributed by atoms with Gasteiger partial charge in [0.2, 0.25) is 0 Å². The van der Waals surface area contributed by atoms with Crippen LogP contribution in [-0.4, -0.2) is 44.7 Å². The number of thiophene rings is 1. The molecular weight excluding hydrogens is 548 g/mol. The van der Waals surface area contributed by atoms with Crippen molar-refractivity contribution in [2.24, 2.45) is 11.6 Å². The van der Waals surface area contributed by atoms with Crippen molar-refractivity contribution in [3.63, 3.8) is 0 Å². The highest BCUT2D eigenvalue weighted by Crippen LogP contribution is 2.40. The van der Waals surface area contributed by atoms with E-state index in [1.165, 1.54) is 9.89 Å². The van der Waals surface area contributed by atoms with E-state index in [2.05, 4.69) is 16.4 Å². The van der Waals surface area contributed by atoms with Crippen LogP contribution < -0.4 is 16.5 Å². The van der Waals surface area contributed by atoms with Gasteiger partial charge in [-0.1, -0.05) is 53.8 Å². The molecule has 0 fully saturated rings. The summed E-state index contributed by atoms with van der Waals surface area (Å²) in [5.41, 5.74) is 10.6. The number of nitrogens with zero attached hydrogens (tertiary/aromatic N) is 6. The maximum atomic E-state index is 12.7. The summed E-state index contributed by atoms with van der Waals surface area (Å²) >= 11 is 1.62. The zero-order valence-electron chi connectivity index (χ0n) is 23.4. The SMILES string of the molecule is N#Cc1c(N(C/C(N)=C/N(N)CC(=O)c2ccccc2)Cc2cn(CC(=O)C3=CCCC=C3)nn2)sc2c1CCCC2. The number of hydrogen-bond acceptors (Lipinski definition) is 10. The first-order chi connectivity index (χ1) is 20.4. The van der Waals surface area contributed by atoms with Crippen LogP contribution in [0.4, 0.5) is 5.00 Å². The Morgan fingerprint density at radius 1 is 1.12 bits per heavy atom. The number of ketones is 2. The number of nitriles is 1. The van der Waals surface area contributed by atoms with E-state index in [0.717, 1.165) is 49.1 Å². The van der Waals surface area contributed by atoms with Gasteiger partial charge in [0.15, 0.2) is 11.6 Å². The van der Waals surface area contributed by atoms with Crippen molar-refractivity contribution in [3.05, 3.63) is 99.5 Å². The topological polar surface area (TPSA) is 147 Å². The van der Waals surface area contributed by atoms with Crippen LogP contribution in [0.3, 0.4) is 0 Å². The molecule has 0 bridgehead atoms. The molecule has 0 atom stereocenters. The molecule has 0 unspecified atom stereocenters. The second-order valence-corrected chi connectivity index (χ2v) is 11.6. The highest BCUT2D eigenvalue weighted by Gasteiger charge is 2.25. The predicted molar refractivity (Wildman–Crippen MR) is 162 cm³/mol. The highest BCUT2D eigenvalue weighted by atomic mass is 32.1. The molecule has 4 N–H and O–H groups in total. The standard InChI is InChI=1S/C31H34N8O2S/c32-15-27-26-13-7-8-14-30(26)42-31(27)37(16-24(33)17-38(34)20-28(40)22-9-3-1-4-10-22)18-25-19-39(36-35-25)21-29(41)23-11-5-2-6-12-23/h1,3-5,9-12,17,19H,2,6-8,13-14,16,18,20-21,33-34H2/b24-17-. The number of carbonyl (C=O) groups is 2. The molecule has 216 valence electrons. The third kappa shape index (κ3) is 7.02. The van der Waals surface area contributed by atoms with Gasteiger partial charge >= 0.3 is 0 Å². The van der Waals surface area contributed by atoms with Crippen molar-refractivity contribution >= 4 is 27.9 Å². The number of rotatable bonds is 12. The molecule has 0 radical (unpaired) electrons. The first-order valence-corrected chi connectivity index (χ1v) is 14.9. The van der Waals surface area contributed by atoms with Crippen LogP contribution in [0.2, 0.25) is 0 Å². The average Bonchev–Trinajstić information content (AvgIpc) is 3.61. The molecule has 10 nitrogen and oxygen atoms in total. The molecule has 0 amide bonds. The van der Waals surface area contributed by atoms with Crippen molar-refractivity contribution < 1.29 is 9.59 Å². The smallest absolute Gasteiger partial charge is 0.183 e. The molecule has 3 aromatic rings. The maximum Gasteiger partial charge on any atom is 0.183 e. The Kier molecular flexibility index (Phi) is 9.26. The fourth-order valence-corrected chi connectivity index (χ4v) is 6.57. The van der Waals surface area contributed by atoms with E-state index in [1.807, 2.05) is 29.2 Å². The predicted octanol–water partition coefficient (Wildman–Crippen LogP) is 3.80. The number of nitrogens with two attached hydrogens (primary N) is 2. The number of allylic oxidation sites excluding steroid dienone is 4. The van der Waals surface area contributed by atoms with Crippen LogP contribution in [0.1, 0.15) is 57.7 Å². The minimum absolute atomic E-state index is 0.0165. The maximum absolute atomic E-state index is 12.7. The number of aryl methyl sites for hydroxylation is 1. The van der Waals surface area contributed by atoms with Crippen LogP contribution in [0.5, 0.6) is 0 Å². The van der Waals surface area contributed by atoms with Gasteiger partial charge in [-0.25, -0.2) is 10.5 Å². The number of carbonyl (C=O) groups excluding carboxylic acids is 2. The summed E-state index contributed by atoms with van der Waals surface area (Å²) in [5.74, 6) is 6.01. The summed E-state index contributed by atoms with van der Waals surface area (Å²) in [6, 6.07) is 11.4. The average molecular weight is 583 g/mol. The normalized spacial score (nSPS) is 14.6. The largest absolute Gasteiger partial charge is 0.399 e. The van der Waals surface area contributed by atoms with Gasteiger partial charge < -0.3 is 15.6 Å². The molecule has 11 heteroatoms. The van der Waals surface area contributed by atoms with E-state index in [4.69, 9.17) is 11.6 Å². The van der Waals surface area contributed by atoms with Crippen LogP contribution in [0.25, 0.3) is 0 Å². The van der Waals surface area contributed by atoms with E-state index in [0.29, 0.717) is 34.6 Å². The summed E-state index contributed by atoms with van der Waals surface area (Å²) in [4.78, 5) is 28.6. The van der Waals surface area contributed by atoms with E-state index >= 15 is 0 Å². The lowest BCUT2D eigenvalue weighted by molar-refractivity contribution is -0.116. The van der Waals surface area contributed by atoms with Gasteiger partial charge in [-0.05, 0) is 44.1 Å². The molecule has 42 heavy (non-hydrogen) atoms. The zero-order chi connectivity index (χ0) is 29.5. The summed E-state index contributed by atoms with van der Waals surface area (Å²) in [7, 11) is 0. The van der Waals surface area contributed by atoms with Crippen LogP contribution in [-0.2, 0) is 30.7 Å². The molecule has 0 spiro atoms. The molecule has 2 aliphatic rings. The number of hydrogen-bond donors (Lipinski definition) is 2. The van der Waals surface area contributed by atoms with Crippen LogP contribution >= 0.6 is 11.3 Å². The lowest BCUT2D eigenvalue weighted by Gasteiger charge is -2.24. The quantitative estimate of drug-likeness (QED) is 0.185. The molecule has 2 aromatic heterocycles. The molecule has 2 aliphatic carbocycles. The molecule has 0 aliphatic heterocycles. The Hall–Kier alpha value is -4.53. The third-order valence-corrected chi connectivity index (χ3v) is 8.59. The molecule has 0 saturated carbocycles. The lowest BCUT2D eigenvalue weighted by Crippen LogP contribution is -2.34. The van der Waals surface area contributed by atoms with Crippen molar-refractivity contribution in [2.45, 2.75) is 51.6 Å². The van der Waals surface area contributed by atoms with E-state index in [9.17, 15) is 14.9 Å². The second-order valence-electron chi connectivity index (χ2n) is 10.5. The van der Waals surface area contributed by atoms with Gasteiger partial charge in [0.1, 0.15) is 23.3 Å². The molecule has 5 rings (SSSR count). The highest BCUT2D eigenvalue weighted by molar-refractivity contribution is 7.16. The number of anilines is 1. The van der Waals surface area contributed by atoms with Crippen LogP contribution in [0, 0.1) is 11.3 Å². The molecular formula is C31H34N8O2S.